The number of rotatable bonds is 7. The van der Waals surface area contributed by atoms with Crippen molar-refractivity contribution in [3.8, 4) is 11.5 Å². The molecular weight excluding hydrogens is 436 g/mol. The SMILES string of the molecule is COc1ccc(Nc2cc(C)c3cc(NC(=O)c4ccc(OC)c([N+](=O)[O-])c4)ccc3n2)cc1. The second kappa shape index (κ2) is 9.45. The van der Waals surface area contributed by atoms with Crippen LogP contribution in [0.3, 0.4) is 0 Å². The lowest BCUT2D eigenvalue weighted by atomic mass is 10.1. The lowest BCUT2D eigenvalue weighted by Gasteiger charge is -2.12. The third-order valence-electron chi connectivity index (χ3n) is 5.27. The van der Waals surface area contributed by atoms with Crippen LogP contribution in [-0.2, 0) is 0 Å². The number of fused-ring (bicyclic) bond motifs is 1. The second-order valence-electron chi connectivity index (χ2n) is 7.51. The number of carbonyl (C=O) groups is 1. The number of aromatic nitrogens is 1. The summed E-state index contributed by atoms with van der Waals surface area (Å²) in [7, 11) is 2.96. The van der Waals surface area contributed by atoms with Crippen LogP contribution in [0.5, 0.6) is 11.5 Å². The van der Waals surface area contributed by atoms with Crippen LogP contribution < -0.4 is 20.1 Å². The van der Waals surface area contributed by atoms with Crippen molar-refractivity contribution >= 4 is 39.7 Å². The number of nitrogens with zero attached hydrogens (tertiary/aromatic N) is 2. The molecule has 0 bridgehead atoms. The Kier molecular flexibility index (Phi) is 6.26. The molecule has 4 rings (SSSR count). The minimum atomic E-state index is -0.585. The number of nitro benzene ring substituents is 1. The standard InChI is InChI=1S/C25H22N4O5/c1-15-12-24(26-17-5-8-19(33-2)9-6-17)28-21-10-7-18(14-20(15)21)27-25(30)16-4-11-23(34-3)22(13-16)29(31)32/h4-14H,1-3H3,(H,26,28)(H,27,30). The van der Waals surface area contributed by atoms with Gasteiger partial charge in [-0.15, -0.1) is 0 Å². The summed E-state index contributed by atoms with van der Waals surface area (Å²) in [5.74, 6) is 1.09. The van der Waals surface area contributed by atoms with Gasteiger partial charge in [-0.2, -0.15) is 0 Å². The van der Waals surface area contributed by atoms with Gasteiger partial charge in [0.25, 0.3) is 5.91 Å². The minimum absolute atomic E-state index is 0.0907. The van der Waals surface area contributed by atoms with E-state index in [1.165, 1.54) is 25.3 Å². The third-order valence-corrected chi connectivity index (χ3v) is 5.27. The number of nitrogens with one attached hydrogen (secondary N) is 2. The van der Waals surface area contributed by atoms with Gasteiger partial charge >= 0.3 is 5.69 Å². The lowest BCUT2D eigenvalue weighted by molar-refractivity contribution is -0.385. The van der Waals surface area contributed by atoms with Crippen LogP contribution in [-0.4, -0.2) is 30.0 Å². The second-order valence-corrected chi connectivity index (χ2v) is 7.51. The van der Waals surface area contributed by atoms with E-state index in [-0.39, 0.29) is 17.0 Å². The predicted molar refractivity (Wildman–Crippen MR) is 130 cm³/mol. The summed E-state index contributed by atoms with van der Waals surface area (Å²) in [4.78, 5) is 28.0. The first kappa shape index (κ1) is 22.5. The molecule has 3 aromatic carbocycles. The van der Waals surface area contributed by atoms with E-state index in [0.29, 0.717) is 11.5 Å². The number of benzene rings is 3. The monoisotopic (exact) mass is 458 g/mol. The van der Waals surface area contributed by atoms with Crippen molar-refractivity contribution in [3.05, 3.63) is 88.0 Å². The molecule has 2 N–H and O–H groups in total. The molecule has 34 heavy (non-hydrogen) atoms. The zero-order valence-electron chi connectivity index (χ0n) is 18.8. The highest BCUT2D eigenvalue weighted by Crippen LogP contribution is 2.29. The number of amides is 1. The zero-order chi connectivity index (χ0) is 24.2. The van der Waals surface area contributed by atoms with E-state index >= 15 is 0 Å². The van der Waals surface area contributed by atoms with Gasteiger partial charge in [-0.3, -0.25) is 14.9 Å². The molecule has 0 spiro atoms. The molecule has 1 aromatic heterocycles. The van der Waals surface area contributed by atoms with Gasteiger partial charge in [0.1, 0.15) is 11.6 Å². The Morgan fingerprint density at radius 3 is 2.35 bits per heavy atom. The molecule has 0 aliphatic rings. The smallest absolute Gasteiger partial charge is 0.311 e. The molecule has 0 unspecified atom stereocenters. The first-order valence-corrected chi connectivity index (χ1v) is 10.3. The van der Waals surface area contributed by atoms with Crippen LogP contribution >= 0.6 is 0 Å². The molecule has 0 aliphatic heterocycles. The fraction of sp³-hybridized carbons (Fsp3) is 0.120. The highest BCUT2D eigenvalue weighted by atomic mass is 16.6. The topological polar surface area (TPSA) is 116 Å². The fourth-order valence-corrected chi connectivity index (χ4v) is 3.54. The molecule has 9 nitrogen and oxygen atoms in total. The molecule has 0 aliphatic carbocycles. The van der Waals surface area contributed by atoms with Crippen molar-refractivity contribution in [3.63, 3.8) is 0 Å². The summed E-state index contributed by atoms with van der Waals surface area (Å²) in [6, 6.07) is 18.9. The van der Waals surface area contributed by atoms with Gasteiger partial charge in [-0.25, -0.2) is 4.98 Å². The van der Waals surface area contributed by atoms with Crippen molar-refractivity contribution in [2.24, 2.45) is 0 Å². The van der Waals surface area contributed by atoms with Crippen molar-refractivity contribution < 1.29 is 19.2 Å². The van der Waals surface area contributed by atoms with Crippen molar-refractivity contribution in [1.82, 2.24) is 4.98 Å². The number of nitro groups is 1. The number of aryl methyl sites for hydroxylation is 1. The molecule has 1 amide bonds. The van der Waals surface area contributed by atoms with Gasteiger partial charge in [0.2, 0.25) is 0 Å². The van der Waals surface area contributed by atoms with E-state index in [1.807, 2.05) is 49.4 Å². The predicted octanol–water partition coefficient (Wildman–Crippen LogP) is 5.46. The first-order chi connectivity index (χ1) is 16.4. The fourth-order valence-electron chi connectivity index (χ4n) is 3.54. The van der Waals surface area contributed by atoms with E-state index in [9.17, 15) is 14.9 Å². The summed E-state index contributed by atoms with van der Waals surface area (Å²) in [5.41, 5.74) is 3.04. The van der Waals surface area contributed by atoms with E-state index < -0.39 is 10.8 Å². The van der Waals surface area contributed by atoms with E-state index in [4.69, 9.17) is 9.47 Å². The number of hydrogen-bond donors (Lipinski definition) is 2. The number of pyridine rings is 1. The Morgan fingerprint density at radius 1 is 0.941 bits per heavy atom. The molecule has 172 valence electrons. The van der Waals surface area contributed by atoms with Crippen molar-refractivity contribution in [2.45, 2.75) is 6.92 Å². The van der Waals surface area contributed by atoms with Gasteiger partial charge in [0.05, 0.1) is 24.7 Å². The largest absolute Gasteiger partial charge is 0.497 e. The lowest BCUT2D eigenvalue weighted by Crippen LogP contribution is -2.12. The third kappa shape index (κ3) is 4.73. The van der Waals surface area contributed by atoms with Crippen LogP contribution in [0.2, 0.25) is 0 Å². The molecule has 0 radical (unpaired) electrons. The summed E-state index contributed by atoms with van der Waals surface area (Å²) in [5, 5.41) is 18.2. The summed E-state index contributed by atoms with van der Waals surface area (Å²) >= 11 is 0. The van der Waals surface area contributed by atoms with Crippen LogP contribution in [0, 0.1) is 17.0 Å². The van der Waals surface area contributed by atoms with E-state index in [1.54, 1.807) is 13.2 Å². The highest BCUT2D eigenvalue weighted by Gasteiger charge is 2.18. The van der Waals surface area contributed by atoms with Crippen LogP contribution in [0.25, 0.3) is 10.9 Å². The number of anilines is 3. The van der Waals surface area contributed by atoms with Crippen LogP contribution in [0.4, 0.5) is 22.9 Å². The summed E-state index contributed by atoms with van der Waals surface area (Å²) in [6.45, 7) is 1.96. The molecule has 0 atom stereocenters. The average molecular weight is 458 g/mol. The molecular formula is C25H22N4O5. The number of ether oxygens (including phenoxy) is 2. The molecule has 4 aromatic rings. The average Bonchev–Trinajstić information content (AvgIpc) is 2.84. The Balaban J connectivity index is 1.56. The molecule has 0 saturated carbocycles. The minimum Gasteiger partial charge on any atom is -0.497 e. The van der Waals surface area contributed by atoms with Crippen molar-refractivity contribution in [2.75, 3.05) is 24.9 Å². The van der Waals surface area contributed by atoms with Crippen molar-refractivity contribution in [1.29, 1.82) is 0 Å². The maximum atomic E-state index is 12.7. The van der Waals surface area contributed by atoms with Gasteiger partial charge in [-0.1, -0.05) is 0 Å². The summed E-state index contributed by atoms with van der Waals surface area (Å²) in [6.07, 6.45) is 0. The van der Waals surface area contributed by atoms with E-state index in [0.717, 1.165) is 27.9 Å². The van der Waals surface area contributed by atoms with Crippen LogP contribution in [0.15, 0.2) is 66.7 Å². The highest BCUT2D eigenvalue weighted by molar-refractivity contribution is 6.05. The Hall–Kier alpha value is -4.66. The number of carbonyl (C=O) groups excluding carboxylic acids is 1. The summed E-state index contributed by atoms with van der Waals surface area (Å²) < 4.78 is 10.2. The maximum Gasteiger partial charge on any atom is 0.311 e. The molecule has 9 heteroatoms. The maximum absolute atomic E-state index is 12.7. The Labute approximate surface area is 195 Å². The Morgan fingerprint density at radius 2 is 1.68 bits per heavy atom. The normalized spacial score (nSPS) is 10.6. The first-order valence-electron chi connectivity index (χ1n) is 10.3. The molecule has 0 saturated heterocycles. The quantitative estimate of drug-likeness (QED) is 0.279. The van der Waals surface area contributed by atoms with Gasteiger partial charge in [-0.05, 0) is 73.2 Å². The van der Waals surface area contributed by atoms with Gasteiger partial charge < -0.3 is 20.1 Å². The van der Waals surface area contributed by atoms with Crippen LogP contribution in [0.1, 0.15) is 15.9 Å². The van der Waals surface area contributed by atoms with E-state index in [2.05, 4.69) is 15.6 Å². The molecule has 0 fully saturated rings. The van der Waals surface area contributed by atoms with Gasteiger partial charge in [0, 0.05) is 28.4 Å². The number of hydrogen-bond acceptors (Lipinski definition) is 7. The number of methoxy groups -OCH3 is 2. The Bertz CT molecular complexity index is 1390. The van der Waals surface area contributed by atoms with Gasteiger partial charge in [0.15, 0.2) is 5.75 Å². The zero-order valence-corrected chi connectivity index (χ0v) is 18.8. The molecule has 1 heterocycles.